The van der Waals surface area contributed by atoms with Gasteiger partial charge >= 0.3 is 0 Å². The van der Waals surface area contributed by atoms with Gasteiger partial charge in [0.15, 0.2) is 5.82 Å². The molecule has 0 bridgehead atoms. The molecule has 0 saturated carbocycles. The van der Waals surface area contributed by atoms with Gasteiger partial charge in [-0.05, 0) is 31.2 Å². The molecule has 0 radical (unpaired) electrons. The third-order valence-electron chi connectivity index (χ3n) is 5.49. The molecule has 8 heteroatoms. The number of benzene rings is 1. The van der Waals surface area contributed by atoms with Gasteiger partial charge in [-0.3, -0.25) is 9.59 Å². The molecule has 8 nitrogen and oxygen atoms in total. The number of hydrogen-bond acceptors (Lipinski definition) is 6. The predicted molar refractivity (Wildman–Crippen MR) is 120 cm³/mol. The lowest BCUT2D eigenvalue weighted by Gasteiger charge is -2.36. The SMILES string of the molecule is CCN(CC(=O)N1CCN(c2ccc(-c3cccc(OC)c3)nn2)CC1)C(=O)C(C)C. The van der Waals surface area contributed by atoms with E-state index in [4.69, 9.17) is 4.74 Å². The van der Waals surface area contributed by atoms with Crippen molar-refractivity contribution in [3.8, 4) is 17.0 Å². The van der Waals surface area contributed by atoms with Crippen molar-refractivity contribution < 1.29 is 14.3 Å². The first-order chi connectivity index (χ1) is 14.9. The van der Waals surface area contributed by atoms with E-state index < -0.39 is 0 Å². The Morgan fingerprint density at radius 1 is 1.10 bits per heavy atom. The lowest BCUT2D eigenvalue weighted by Crippen LogP contribution is -2.52. The van der Waals surface area contributed by atoms with Crippen LogP contribution in [0.2, 0.25) is 0 Å². The Bertz CT molecular complexity index is 892. The highest BCUT2D eigenvalue weighted by atomic mass is 16.5. The number of nitrogens with zero attached hydrogens (tertiary/aromatic N) is 5. The summed E-state index contributed by atoms with van der Waals surface area (Å²) < 4.78 is 5.27. The van der Waals surface area contributed by atoms with Gasteiger partial charge in [0, 0.05) is 44.2 Å². The highest BCUT2D eigenvalue weighted by molar-refractivity contribution is 5.85. The molecule has 0 aliphatic carbocycles. The molecule has 1 aliphatic heterocycles. The number of hydrogen-bond donors (Lipinski definition) is 0. The average molecular weight is 426 g/mol. The molecule has 1 fully saturated rings. The van der Waals surface area contributed by atoms with Crippen molar-refractivity contribution in [1.29, 1.82) is 0 Å². The van der Waals surface area contributed by atoms with Crippen molar-refractivity contribution in [2.24, 2.45) is 5.92 Å². The molecule has 0 atom stereocenters. The molecule has 1 saturated heterocycles. The first-order valence-electron chi connectivity index (χ1n) is 10.7. The third-order valence-corrected chi connectivity index (χ3v) is 5.49. The Kier molecular flexibility index (Phi) is 7.44. The Labute approximate surface area is 183 Å². The van der Waals surface area contributed by atoms with Gasteiger partial charge in [-0.25, -0.2) is 0 Å². The Hall–Kier alpha value is -3.16. The highest BCUT2D eigenvalue weighted by Crippen LogP contribution is 2.23. The molecular formula is C23H31N5O3. The summed E-state index contributed by atoms with van der Waals surface area (Å²) in [5, 5.41) is 8.76. The van der Waals surface area contributed by atoms with E-state index in [0.717, 1.165) is 22.8 Å². The lowest BCUT2D eigenvalue weighted by atomic mass is 10.1. The molecule has 1 aliphatic rings. The van der Waals surface area contributed by atoms with Crippen molar-refractivity contribution in [3.63, 3.8) is 0 Å². The van der Waals surface area contributed by atoms with Gasteiger partial charge in [-0.1, -0.05) is 26.0 Å². The van der Waals surface area contributed by atoms with Crippen LogP contribution in [0.25, 0.3) is 11.3 Å². The van der Waals surface area contributed by atoms with Gasteiger partial charge in [0.2, 0.25) is 11.8 Å². The fraction of sp³-hybridized carbons (Fsp3) is 0.478. The predicted octanol–water partition coefficient (Wildman–Crippen LogP) is 2.31. The Morgan fingerprint density at radius 3 is 2.42 bits per heavy atom. The Morgan fingerprint density at radius 2 is 1.84 bits per heavy atom. The summed E-state index contributed by atoms with van der Waals surface area (Å²) in [7, 11) is 1.64. The number of aromatic nitrogens is 2. The van der Waals surface area contributed by atoms with E-state index in [1.165, 1.54) is 0 Å². The average Bonchev–Trinajstić information content (AvgIpc) is 2.82. The Balaban J connectivity index is 1.56. The molecule has 0 N–H and O–H groups in total. The van der Waals surface area contributed by atoms with Gasteiger partial charge in [0.1, 0.15) is 5.75 Å². The minimum atomic E-state index is -0.108. The van der Waals surface area contributed by atoms with E-state index in [-0.39, 0.29) is 24.3 Å². The molecule has 166 valence electrons. The van der Waals surface area contributed by atoms with Gasteiger partial charge in [0.05, 0.1) is 19.3 Å². The van der Waals surface area contributed by atoms with Gasteiger partial charge in [0.25, 0.3) is 0 Å². The van der Waals surface area contributed by atoms with Crippen LogP contribution in [0, 0.1) is 5.92 Å². The molecule has 0 unspecified atom stereocenters. The quantitative estimate of drug-likeness (QED) is 0.677. The number of anilines is 1. The summed E-state index contributed by atoms with van der Waals surface area (Å²) in [4.78, 5) is 30.5. The molecular weight excluding hydrogens is 394 g/mol. The van der Waals surface area contributed by atoms with E-state index in [2.05, 4.69) is 15.1 Å². The largest absolute Gasteiger partial charge is 0.497 e. The number of amides is 2. The molecule has 2 heterocycles. The topological polar surface area (TPSA) is 78.9 Å². The maximum Gasteiger partial charge on any atom is 0.242 e. The van der Waals surface area contributed by atoms with Crippen LogP contribution in [0.3, 0.4) is 0 Å². The molecule has 0 spiro atoms. The zero-order chi connectivity index (χ0) is 22.4. The normalized spacial score (nSPS) is 14.0. The van der Waals surface area contributed by atoms with Crippen LogP contribution in [-0.2, 0) is 9.59 Å². The number of ether oxygens (including phenoxy) is 1. The summed E-state index contributed by atoms with van der Waals surface area (Å²) in [6.45, 7) is 8.87. The highest BCUT2D eigenvalue weighted by Gasteiger charge is 2.25. The van der Waals surface area contributed by atoms with Crippen molar-refractivity contribution in [2.45, 2.75) is 20.8 Å². The fourth-order valence-corrected chi connectivity index (χ4v) is 3.59. The van der Waals surface area contributed by atoms with Gasteiger partial charge < -0.3 is 19.4 Å². The van der Waals surface area contributed by atoms with E-state index in [0.29, 0.717) is 32.7 Å². The van der Waals surface area contributed by atoms with Gasteiger partial charge in [-0.15, -0.1) is 10.2 Å². The first kappa shape index (κ1) is 22.5. The molecule has 31 heavy (non-hydrogen) atoms. The summed E-state index contributed by atoms with van der Waals surface area (Å²) in [5.74, 6) is 1.48. The second-order valence-corrected chi connectivity index (χ2v) is 7.88. The second kappa shape index (κ2) is 10.2. The smallest absolute Gasteiger partial charge is 0.242 e. The molecule has 2 amide bonds. The number of rotatable bonds is 7. The molecule has 1 aromatic carbocycles. The van der Waals surface area contributed by atoms with E-state index in [9.17, 15) is 9.59 Å². The zero-order valence-corrected chi connectivity index (χ0v) is 18.7. The number of carbonyl (C=O) groups excluding carboxylic acids is 2. The summed E-state index contributed by atoms with van der Waals surface area (Å²) in [6.07, 6.45) is 0. The monoisotopic (exact) mass is 425 g/mol. The molecule has 2 aromatic rings. The van der Waals surface area contributed by atoms with Crippen molar-refractivity contribution >= 4 is 17.6 Å². The van der Waals surface area contributed by atoms with Gasteiger partial charge in [-0.2, -0.15) is 0 Å². The molecule has 3 rings (SSSR count). The van der Waals surface area contributed by atoms with Crippen LogP contribution in [-0.4, -0.2) is 78.2 Å². The summed E-state index contributed by atoms with van der Waals surface area (Å²) in [5.41, 5.74) is 1.73. The number of likely N-dealkylation sites (N-methyl/N-ethyl adjacent to an activating group) is 1. The molecule has 1 aromatic heterocycles. The number of carbonyl (C=O) groups is 2. The van der Waals surface area contributed by atoms with Crippen molar-refractivity contribution in [3.05, 3.63) is 36.4 Å². The van der Waals surface area contributed by atoms with Crippen LogP contribution in [0.15, 0.2) is 36.4 Å². The van der Waals surface area contributed by atoms with E-state index >= 15 is 0 Å². The van der Waals surface area contributed by atoms with Crippen molar-refractivity contribution in [2.75, 3.05) is 51.3 Å². The maximum absolute atomic E-state index is 12.7. The van der Waals surface area contributed by atoms with E-state index in [1.807, 2.05) is 62.1 Å². The van der Waals surface area contributed by atoms with Crippen LogP contribution in [0.5, 0.6) is 5.75 Å². The van der Waals surface area contributed by atoms with Crippen molar-refractivity contribution in [1.82, 2.24) is 20.0 Å². The fourth-order valence-electron chi connectivity index (χ4n) is 3.59. The zero-order valence-electron chi connectivity index (χ0n) is 18.7. The summed E-state index contributed by atoms with van der Waals surface area (Å²) in [6, 6.07) is 11.6. The maximum atomic E-state index is 12.7. The number of piperazine rings is 1. The van der Waals surface area contributed by atoms with Crippen LogP contribution in [0.4, 0.5) is 5.82 Å². The lowest BCUT2D eigenvalue weighted by molar-refractivity contribution is -0.142. The van der Waals surface area contributed by atoms with E-state index in [1.54, 1.807) is 12.0 Å². The number of methoxy groups -OCH3 is 1. The third kappa shape index (κ3) is 5.51. The summed E-state index contributed by atoms with van der Waals surface area (Å²) >= 11 is 0. The van der Waals surface area contributed by atoms with Crippen LogP contribution < -0.4 is 9.64 Å². The first-order valence-corrected chi connectivity index (χ1v) is 10.7. The standard InChI is InChI=1S/C23H31N5O3/c1-5-26(23(30)17(2)3)16-22(29)28-13-11-27(12-14-28)21-10-9-20(24-25-21)18-7-6-8-19(15-18)31-4/h6-10,15,17H,5,11-14,16H2,1-4H3. The van der Waals surface area contributed by atoms with Crippen LogP contribution >= 0.6 is 0 Å². The van der Waals surface area contributed by atoms with Crippen LogP contribution in [0.1, 0.15) is 20.8 Å². The minimum absolute atomic E-state index is 0.00467. The minimum Gasteiger partial charge on any atom is -0.497 e. The second-order valence-electron chi connectivity index (χ2n) is 7.88.